The Labute approximate surface area is 152 Å². The molecule has 6 nitrogen and oxygen atoms in total. The van der Waals surface area contributed by atoms with Gasteiger partial charge in [0.2, 0.25) is 0 Å². The Bertz CT molecular complexity index is 919. The van der Waals surface area contributed by atoms with Crippen LogP contribution >= 0.6 is 0 Å². The maximum absolute atomic E-state index is 12.9. The lowest BCUT2D eigenvalue weighted by Gasteiger charge is -2.33. The van der Waals surface area contributed by atoms with Gasteiger partial charge < -0.3 is 4.90 Å². The number of carbonyl (C=O) groups is 1. The number of amides is 1. The highest BCUT2D eigenvalue weighted by molar-refractivity contribution is 5.95. The number of hydrogen-bond donors (Lipinski definition) is 0. The fourth-order valence-corrected chi connectivity index (χ4v) is 3.79. The Morgan fingerprint density at radius 2 is 2.15 bits per heavy atom. The molecule has 1 amide bonds. The molecule has 0 N–H and O–H groups in total. The molecule has 2 aromatic heterocycles. The van der Waals surface area contributed by atoms with Gasteiger partial charge in [-0.2, -0.15) is 0 Å². The second-order valence-electron chi connectivity index (χ2n) is 7.12. The predicted molar refractivity (Wildman–Crippen MR) is 98.9 cm³/mol. The first-order valence-electron chi connectivity index (χ1n) is 9.22. The summed E-state index contributed by atoms with van der Waals surface area (Å²) in [5, 5.41) is 11.4. The lowest BCUT2D eigenvalue weighted by Crippen LogP contribution is -2.40. The number of hydrogen-bond acceptors (Lipinski definition) is 4. The minimum absolute atomic E-state index is 0.0797. The molecule has 1 aromatic carbocycles. The first kappa shape index (κ1) is 16.7. The molecule has 3 aromatic rings. The zero-order chi connectivity index (χ0) is 17.9. The molecule has 6 heteroatoms. The van der Waals surface area contributed by atoms with E-state index in [1.54, 1.807) is 22.8 Å². The van der Waals surface area contributed by atoms with Crippen molar-refractivity contribution in [3.05, 3.63) is 59.3 Å². The van der Waals surface area contributed by atoms with Crippen molar-refractivity contribution in [2.45, 2.75) is 32.6 Å². The maximum Gasteiger partial charge on any atom is 0.254 e. The second kappa shape index (κ2) is 7.23. The van der Waals surface area contributed by atoms with Gasteiger partial charge in [0, 0.05) is 24.8 Å². The third-order valence-electron chi connectivity index (χ3n) is 5.33. The van der Waals surface area contributed by atoms with Crippen molar-refractivity contribution in [3.63, 3.8) is 0 Å². The predicted octanol–water partition coefficient (Wildman–Crippen LogP) is 2.92. The van der Waals surface area contributed by atoms with Crippen LogP contribution in [-0.2, 0) is 6.42 Å². The second-order valence-corrected chi connectivity index (χ2v) is 7.12. The summed E-state index contributed by atoms with van der Waals surface area (Å²) in [5.41, 5.74) is 4.03. The Hall–Kier alpha value is -2.76. The van der Waals surface area contributed by atoms with E-state index in [1.807, 2.05) is 4.90 Å². The molecule has 0 spiro atoms. The fraction of sp³-hybridized carbons (Fsp3) is 0.400. The minimum atomic E-state index is 0.0797. The number of tetrazole rings is 1. The van der Waals surface area contributed by atoms with Crippen molar-refractivity contribution >= 4 is 11.6 Å². The van der Waals surface area contributed by atoms with Crippen LogP contribution in [0, 0.1) is 12.8 Å². The van der Waals surface area contributed by atoms with E-state index in [4.69, 9.17) is 0 Å². The largest absolute Gasteiger partial charge is 0.338 e. The summed E-state index contributed by atoms with van der Waals surface area (Å²) in [7, 11) is 0. The normalized spacial score (nSPS) is 17.6. The smallest absolute Gasteiger partial charge is 0.254 e. The van der Waals surface area contributed by atoms with E-state index in [1.165, 1.54) is 17.5 Å². The number of piperidine rings is 1. The zero-order valence-electron chi connectivity index (χ0n) is 15.0. The van der Waals surface area contributed by atoms with Crippen LogP contribution in [0.25, 0.3) is 5.65 Å². The number of fused-ring (bicyclic) bond motifs is 1. The third kappa shape index (κ3) is 3.45. The summed E-state index contributed by atoms with van der Waals surface area (Å²) in [4.78, 5) is 14.9. The molecule has 1 aliphatic heterocycles. The summed E-state index contributed by atoms with van der Waals surface area (Å²) < 4.78 is 1.57. The van der Waals surface area contributed by atoms with Gasteiger partial charge in [0.1, 0.15) is 0 Å². The average Bonchev–Trinajstić information content (AvgIpc) is 3.15. The van der Waals surface area contributed by atoms with E-state index in [2.05, 4.69) is 46.7 Å². The maximum atomic E-state index is 12.9. The number of pyridine rings is 1. The van der Waals surface area contributed by atoms with Crippen molar-refractivity contribution < 1.29 is 4.79 Å². The molecule has 1 unspecified atom stereocenters. The number of nitrogens with zero attached hydrogens (tertiary/aromatic N) is 5. The van der Waals surface area contributed by atoms with Gasteiger partial charge in [-0.1, -0.05) is 24.3 Å². The van der Waals surface area contributed by atoms with Crippen LogP contribution in [0.2, 0.25) is 0 Å². The Morgan fingerprint density at radius 1 is 1.27 bits per heavy atom. The van der Waals surface area contributed by atoms with Gasteiger partial charge in [-0.05, 0) is 72.2 Å². The number of aromatic nitrogens is 4. The molecule has 134 valence electrons. The summed E-state index contributed by atoms with van der Waals surface area (Å²) >= 11 is 0. The van der Waals surface area contributed by atoms with Crippen molar-refractivity contribution in [3.8, 4) is 0 Å². The zero-order valence-corrected chi connectivity index (χ0v) is 15.0. The van der Waals surface area contributed by atoms with Crippen molar-refractivity contribution in [1.29, 1.82) is 0 Å². The summed E-state index contributed by atoms with van der Waals surface area (Å²) in [5.74, 6) is 0.641. The van der Waals surface area contributed by atoms with Gasteiger partial charge in [-0.25, -0.2) is 4.52 Å². The van der Waals surface area contributed by atoms with Crippen LogP contribution < -0.4 is 0 Å². The van der Waals surface area contributed by atoms with Crippen molar-refractivity contribution in [1.82, 2.24) is 24.9 Å². The van der Waals surface area contributed by atoms with Gasteiger partial charge >= 0.3 is 0 Å². The van der Waals surface area contributed by atoms with Crippen LogP contribution in [0.4, 0.5) is 0 Å². The summed E-state index contributed by atoms with van der Waals surface area (Å²) in [6.45, 7) is 3.83. The fourth-order valence-electron chi connectivity index (χ4n) is 3.79. The number of benzene rings is 1. The molecule has 4 rings (SSSR count). The molecule has 1 fully saturated rings. The van der Waals surface area contributed by atoms with E-state index >= 15 is 0 Å². The van der Waals surface area contributed by atoms with Gasteiger partial charge in [0.15, 0.2) is 5.65 Å². The van der Waals surface area contributed by atoms with E-state index in [-0.39, 0.29) is 5.91 Å². The highest BCUT2D eigenvalue weighted by Gasteiger charge is 2.24. The Balaban J connectivity index is 1.41. The standard InChI is InChI=1S/C20H23N5O/c1-15-5-2-3-7-17(15)9-8-16-6-4-11-24(14-16)20(26)18-10-12-25-19(13-18)21-22-23-25/h2-3,5,7,10,12-13,16H,4,6,8-9,11,14H2,1H3. The van der Waals surface area contributed by atoms with Crippen molar-refractivity contribution in [2.24, 2.45) is 5.92 Å². The van der Waals surface area contributed by atoms with Gasteiger partial charge in [0.25, 0.3) is 5.91 Å². The van der Waals surface area contributed by atoms with Gasteiger partial charge in [0.05, 0.1) is 0 Å². The van der Waals surface area contributed by atoms with Crippen molar-refractivity contribution in [2.75, 3.05) is 13.1 Å². The van der Waals surface area contributed by atoms with E-state index < -0.39 is 0 Å². The topological polar surface area (TPSA) is 63.4 Å². The Kier molecular flexibility index (Phi) is 4.65. The molecule has 26 heavy (non-hydrogen) atoms. The molecule has 0 saturated carbocycles. The van der Waals surface area contributed by atoms with Crippen LogP contribution in [0.15, 0.2) is 42.6 Å². The summed E-state index contributed by atoms with van der Waals surface area (Å²) in [6, 6.07) is 12.1. The lowest BCUT2D eigenvalue weighted by atomic mass is 9.90. The van der Waals surface area contributed by atoms with Crippen LogP contribution in [0.3, 0.4) is 0 Å². The van der Waals surface area contributed by atoms with Gasteiger partial charge in [-0.3, -0.25) is 4.79 Å². The quantitative estimate of drug-likeness (QED) is 0.726. The van der Waals surface area contributed by atoms with E-state index in [0.29, 0.717) is 17.1 Å². The third-order valence-corrected chi connectivity index (χ3v) is 5.33. The highest BCUT2D eigenvalue weighted by atomic mass is 16.2. The SMILES string of the molecule is Cc1ccccc1CCC1CCCN(C(=O)c2ccn3nnnc3c2)C1. The van der Waals surface area contributed by atoms with Crippen LogP contribution in [0.5, 0.6) is 0 Å². The number of aryl methyl sites for hydroxylation is 2. The monoisotopic (exact) mass is 349 g/mol. The van der Waals surface area contributed by atoms with E-state index in [0.717, 1.165) is 32.4 Å². The first-order valence-corrected chi connectivity index (χ1v) is 9.22. The molecule has 3 heterocycles. The molecule has 1 saturated heterocycles. The number of carbonyl (C=O) groups excluding carboxylic acids is 1. The average molecular weight is 349 g/mol. The molecule has 0 radical (unpaired) electrons. The Morgan fingerprint density at radius 3 is 3.04 bits per heavy atom. The number of rotatable bonds is 4. The molecule has 1 aliphatic rings. The van der Waals surface area contributed by atoms with Gasteiger partial charge in [-0.15, -0.1) is 5.10 Å². The first-order chi connectivity index (χ1) is 12.7. The molecule has 0 aliphatic carbocycles. The highest BCUT2D eigenvalue weighted by Crippen LogP contribution is 2.24. The number of likely N-dealkylation sites (tertiary alicyclic amines) is 1. The lowest BCUT2D eigenvalue weighted by molar-refractivity contribution is 0.0668. The molecule has 1 atom stereocenters. The van der Waals surface area contributed by atoms with Crippen LogP contribution in [-0.4, -0.2) is 43.9 Å². The molecule has 0 bridgehead atoms. The van der Waals surface area contributed by atoms with E-state index in [9.17, 15) is 4.79 Å². The summed E-state index contributed by atoms with van der Waals surface area (Å²) in [6.07, 6.45) is 6.21. The molecular formula is C20H23N5O. The minimum Gasteiger partial charge on any atom is -0.338 e. The van der Waals surface area contributed by atoms with Crippen LogP contribution in [0.1, 0.15) is 40.7 Å². The molecular weight excluding hydrogens is 326 g/mol.